The van der Waals surface area contributed by atoms with E-state index in [9.17, 15) is 0 Å². The maximum Gasteiger partial charge on any atom is 0.0246 e. The maximum absolute atomic E-state index is 6.11. The van der Waals surface area contributed by atoms with Gasteiger partial charge in [-0.25, -0.2) is 0 Å². The Kier molecular flexibility index (Phi) is 5.30. The van der Waals surface area contributed by atoms with Crippen molar-refractivity contribution in [2.24, 2.45) is 23.0 Å². The normalized spacial score (nSPS) is 29.4. The fraction of sp³-hybridized carbons (Fsp3) is 1.00. The molecule has 1 aliphatic carbocycles. The highest BCUT2D eigenvalue weighted by Crippen LogP contribution is 2.36. The van der Waals surface area contributed by atoms with Crippen LogP contribution in [0.2, 0.25) is 0 Å². The second-order valence-electron chi connectivity index (χ2n) is 7.88. The topological polar surface area (TPSA) is 29.3 Å². The monoisotopic (exact) mass is 266 g/mol. The van der Waals surface area contributed by atoms with Gasteiger partial charge < -0.3 is 5.73 Å². The lowest BCUT2D eigenvalue weighted by Gasteiger charge is -2.35. The van der Waals surface area contributed by atoms with E-state index in [4.69, 9.17) is 5.73 Å². The van der Waals surface area contributed by atoms with Crippen molar-refractivity contribution in [3.05, 3.63) is 0 Å². The van der Waals surface area contributed by atoms with E-state index in [0.29, 0.717) is 11.5 Å². The summed E-state index contributed by atoms with van der Waals surface area (Å²) in [6, 6.07) is 0.668. The third-order valence-electron chi connectivity index (χ3n) is 5.64. The second-order valence-corrected chi connectivity index (χ2v) is 7.88. The number of nitrogens with zero attached hydrogens (tertiary/aromatic N) is 1. The Balaban J connectivity index is 1.93. The van der Waals surface area contributed by atoms with E-state index < -0.39 is 0 Å². The molecular formula is C17H34N2. The first-order valence-electron chi connectivity index (χ1n) is 8.46. The molecule has 2 aliphatic rings. The van der Waals surface area contributed by atoms with Crippen LogP contribution in [0.1, 0.15) is 65.7 Å². The smallest absolute Gasteiger partial charge is 0.0246 e. The molecule has 2 fully saturated rings. The van der Waals surface area contributed by atoms with Crippen molar-refractivity contribution in [3.8, 4) is 0 Å². The van der Waals surface area contributed by atoms with Gasteiger partial charge in [0.1, 0.15) is 0 Å². The zero-order valence-corrected chi connectivity index (χ0v) is 13.3. The molecule has 2 rings (SSSR count). The van der Waals surface area contributed by atoms with Crippen molar-refractivity contribution < 1.29 is 0 Å². The Hall–Kier alpha value is -0.0800. The maximum atomic E-state index is 6.11. The van der Waals surface area contributed by atoms with E-state index in [1.54, 1.807) is 0 Å². The molecule has 2 heteroatoms. The summed E-state index contributed by atoms with van der Waals surface area (Å²) in [5.74, 6) is 1.77. The van der Waals surface area contributed by atoms with E-state index in [2.05, 4.69) is 25.7 Å². The molecule has 2 unspecified atom stereocenters. The molecule has 2 nitrogen and oxygen atoms in total. The van der Waals surface area contributed by atoms with Crippen LogP contribution < -0.4 is 5.73 Å². The summed E-state index contributed by atoms with van der Waals surface area (Å²) in [6.45, 7) is 10.6. The number of rotatable bonds is 3. The predicted octanol–water partition coefficient (Wildman–Crippen LogP) is 3.65. The van der Waals surface area contributed by atoms with Crippen molar-refractivity contribution in [2.75, 3.05) is 19.6 Å². The Morgan fingerprint density at radius 3 is 2.26 bits per heavy atom. The van der Waals surface area contributed by atoms with Gasteiger partial charge in [-0.15, -0.1) is 0 Å². The summed E-state index contributed by atoms with van der Waals surface area (Å²) in [5, 5.41) is 0. The molecule has 1 saturated heterocycles. The van der Waals surface area contributed by atoms with Crippen LogP contribution in [0, 0.1) is 17.3 Å². The summed E-state index contributed by atoms with van der Waals surface area (Å²) in [5.41, 5.74) is 6.59. The number of hydrogen-bond acceptors (Lipinski definition) is 2. The lowest BCUT2D eigenvalue weighted by Crippen LogP contribution is -2.45. The summed E-state index contributed by atoms with van der Waals surface area (Å²) < 4.78 is 0. The van der Waals surface area contributed by atoms with Crippen molar-refractivity contribution in [3.63, 3.8) is 0 Å². The van der Waals surface area contributed by atoms with Gasteiger partial charge in [0.25, 0.3) is 0 Å². The first kappa shape index (κ1) is 15.3. The van der Waals surface area contributed by atoms with E-state index >= 15 is 0 Å². The van der Waals surface area contributed by atoms with E-state index in [0.717, 1.165) is 18.4 Å². The molecule has 112 valence electrons. The average molecular weight is 266 g/mol. The Morgan fingerprint density at radius 1 is 1.00 bits per heavy atom. The molecule has 1 heterocycles. The summed E-state index contributed by atoms with van der Waals surface area (Å²) >= 11 is 0. The predicted molar refractivity (Wildman–Crippen MR) is 83.2 cm³/mol. The van der Waals surface area contributed by atoms with Crippen LogP contribution in [0.3, 0.4) is 0 Å². The number of hydrogen-bond donors (Lipinski definition) is 1. The van der Waals surface area contributed by atoms with Crippen LogP contribution in [0.4, 0.5) is 0 Å². The van der Waals surface area contributed by atoms with Crippen LogP contribution in [0.5, 0.6) is 0 Å². The van der Waals surface area contributed by atoms with Gasteiger partial charge in [0.2, 0.25) is 0 Å². The molecule has 19 heavy (non-hydrogen) atoms. The minimum absolute atomic E-state index is 0.474. The van der Waals surface area contributed by atoms with Crippen molar-refractivity contribution in [1.82, 2.24) is 4.90 Å². The fourth-order valence-corrected chi connectivity index (χ4v) is 4.30. The lowest BCUT2D eigenvalue weighted by atomic mass is 9.77. The molecular weight excluding hydrogens is 232 g/mol. The van der Waals surface area contributed by atoms with Crippen molar-refractivity contribution >= 4 is 0 Å². The highest BCUT2D eigenvalue weighted by molar-refractivity contribution is 4.87. The molecule has 1 saturated carbocycles. The largest absolute Gasteiger partial charge is 0.329 e. The molecule has 2 atom stereocenters. The van der Waals surface area contributed by atoms with Gasteiger partial charge >= 0.3 is 0 Å². The van der Waals surface area contributed by atoms with E-state index in [-0.39, 0.29) is 0 Å². The standard InChI is InChI=1S/C17H34N2/c1-17(2,3)15-9-6-11-19(12-10-15)16(13-18)14-7-4-5-8-14/h14-16H,4-13,18H2,1-3H3. The first-order chi connectivity index (χ1) is 9.02. The molecule has 1 aliphatic heterocycles. The quantitative estimate of drug-likeness (QED) is 0.845. The van der Waals surface area contributed by atoms with Gasteiger partial charge in [-0.05, 0) is 62.4 Å². The molecule has 0 aromatic rings. The fourth-order valence-electron chi connectivity index (χ4n) is 4.30. The van der Waals surface area contributed by atoms with Crippen molar-refractivity contribution in [2.45, 2.75) is 71.8 Å². The highest BCUT2D eigenvalue weighted by atomic mass is 15.2. The summed E-state index contributed by atoms with van der Waals surface area (Å²) in [6.07, 6.45) is 9.83. The van der Waals surface area contributed by atoms with E-state index in [1.807, 2.05) is 0 Å². The SMILES string of the molecule is CC(C)(C)C1CCCN(C(CN)C2CCCC2)CC1. The van der Waals surface area contributed by atoms with Gasteiger partial charge in [0.05, 0.1) is 0 Å². The molecule has 0 bridgehead atoms. The average Bonchev–Trinajstić information content (AvgIpc) is 2.73. The number of likely N-dealkylation sites (tertiary alicyclic amines) is 1. The molecule has 0 amide bonds. The van der Waals surface area contributed by atoms with E-state index in [1.165, 1.54) is 58.0 Å². The van der Waals surface area contributed by atoms with Gasteiger partial charge in [-0.3, -0.25) is 4.90 Å². The van der Waals surface area contributed by atoms with Gasteiger partial charge in [-0.1, -0.05) is 33.6 Å². The van der Waals surface area contributed by atoms with Crippen LogP contribution in [-0.4, -0.2) is 30.6 Å². The molecule has 2 N–H and O–H groups in total. The zero-order valence-electron chi connectivity index (χ0n) is 13.3. The third kappa shape index (κ3) is 3.95. The second kappa shape index (κ2) is 6.58. The number of nitrogens with two attached hydrogens (primary N) is 1. The Morgan fingerprint density at radius 2 is 1.68 bits per heavy atom. The van der Waals surface area contributed by atoms with Gasteiger partial charge in [-0.2, -0.15) is 0 Å². The Bertz CT molecular complexity index is 263. The lowest BCUT2D eigenvalue weighted by molar-refractivity contribution is 0.143. The van der Waals surface area contributed by atoms with Crippen LogP contribution in [-0.2, 0) is 0 Å². The third-order valence-corrected chi connectivity index (χ3v) is 5.64. The molecule has 0 aromatic heterocycles. The summed E-state index contributed by atoms with van der Waals surface area (Å²) in [7, 11) is 0. The minimum atomic E-state index is 0.474. The van der Waals surface area contributed by atoms with Gasteiger partial charge in [0.15, 0.2) is 0 Å². The van der Waals surface area contributed by atoms with Crippen LogP contribution in [0.25, 0.3) is 0 Å². The zero-order chi connectivity index (χ0) is 13.9. The van der Waals surface area contributed by atoms with Crippen molar-refractivity contribution in [1.29, 1.82) is 0 Å². The minimum Gasteiger partial charge on any atom is -0.329 e. The first-order valence-corrected chi connectivity index (χ1v) is 8.46. The van der Waals surface area contributed by atoms with Gasteiger partial charge in [0, 0.05) is 12.6 Å². The molecule has 0 radical (unpaired) electrons. The van der Waals surface area contributed by atoms with Crippen LogP contribution >= 0.6 is 0 Å². The van der Waals surface area contributed by atoms with Crippen LogP contribution in [0.15, 0.2) is 0 Å². The molecule has 0 spiro atoms. The summed E-state index contributed by atoms with van der Waals surface area (Å²) in [4.78, 5) is 2.74. The highest BCUT2D eigenvalue weighted by Gasteiger charge is 2.32. The Labute approximate surface area is 120 Å². The molecule has 0 aromatic carbocycles.